The predicted molar refractivity (Wildman–Crippen MR) is 70.0 cm³/mol. The quantitative estimate of drug-likeness (QED) is 0.603. The Bertz CT molecular complexity index is 374. The number of hydrogen-bond donors (Lipinski definition) is 1. The molecule has 92 valence electrons. The first-order valence-electron chi connectivity index (χ1n) is 6.20. The van der Waals surface area contributed by atoms with Crippen LogP contribution < -0.4 is 4.74 Å². The summed E-state index contributed by atoms with van der Waals surface area (Å²) in [5, 5.41) is 8.68. The second kappa shape index (κ2) is 8.66. The van der Waals surface area contributed by atoms with E-state index in [9.17, 15) is 0 Å². The standard InChI is InChI=1S/C15H20O2/c1-2-3-4-7-13-17-15-11-6-5-9-14(15)10-8-12-16/h5-6,9,11,16H,2-4,7,12-13H2,1H3. The maximum atomic E-state index is 8.68. The summed E-state index contributed by atoms with van der Waals surface area (Å²) < 4.78 is 5.70. The number of unbranched alkanes of at least 4 members (excludes halogenated alkanes) is 3. The Morgan fingerprint density at radius 2 is 2.00 bits per heavy atom. The lowest BCUT2D eigenvalue weighted by Gasteiger charge is -2.07. The van der Waals surface area contributed by atoms with Crippen molar-refractivity contribution in [3.63, 3.8) is 0 Å². The summed E-state index contributed by atoms with van der Waals surface area (Å²) in [5.74, 6) is 6.34. The molecule has 0 unspecified atom stereocenters. The smallest absolute Gasteiger partial charge is 0.134 e. The molecule has 0 aliphatic carbocycles. The third-order valence-corrected chi connectivity index (χ3v) is 2.44. The molecule has 0 saturated carbocycles. The Hall–Kier alpha value is -1.46. The summed E-state index contributed by atoms with van der Waals surface area (Å²) in [7, 11) is 0. The molecular formula is C15H20O2. The van der Waals surface area contributed by atoms with Crippen LogP contribution in [0.3, 0.4) is 0 Å². The number of aliphatic hydroxyl groups is 1. The zero-order valence-corrected chi connectivity index (χ0v) is 10.4. The van der Waals surface area contributed by atoms with Crippen molar-refractivity contribution in [3.05, 3.63) is 29.8 Å². The van der Waals surface area contributed by atoms with Gasteiger partial charge in [0, 0.05) is 0 Å². The Labute approximate surface area is 104 Å². The van der Waals surface area contributed by atoms with Crippen LogP contribution in [0, 0.1) is 11.8 Å². The minimum absolute atomic E-state index is 0.120. The summed E-state index contributed by atoms with van der Waals surface area (Å²) in [5.41, 5.74) is 0.844. The van der Waals surface area contributed by atoms with Gasteiger partial charge in [0.15, 0.2) is 0 Å². The molecule has 0 aromatic heterocycles. The molecule has 1 rings (SSSR count). The number of aliphatic hydroxyl groups excluding tert-OH is 1. The fourth-order valence-electron chi connectivity index (χ4n) is 1.54. The molecule has 1 aromatic rings. The molecular weight excluding hydrogens is 212 g/mol. The van der Waals surface area contributed by atoms with Crippen LogP contribution in [0.2, 0.25) is 0 Å². The van der Waals surface area contributed by atoms with Gasteiger partial charge >= 0.3 is 0 Å². The van der Waals surface area contributed by atoms with Crippen LogP contribution in [0.4, 0.5) is 0 Å². The molecule has 0 aliphatic heterocycles. The summed E-state index contributed by atoms with van der Waals surface area (Å²) in [6, 6.07) is 7.68. The van der Waals surface area contributed by atoms with E-state index in [1.165, 1.54) is 19.3 Å². The van der Waals surface area contributed by atoms with Gasteiger partial charge in [0.1, 0.15) is 12.4 Å². The summed E-state index contributed by atoms with van der Waals surface area (Å²) in [6.45, 7) is 2.81. The third kappa shape index (κ3) is 5.42. The normalized spacial score (nSPS) is 9.53. The lowest BCUT2D eigenvalue weighted by atomic mass is 10.2. The van der Waals surface area contributed by atoms with Crippen molar-refractivity contribution in [2.75, 3.05) is 13.2 Å². The number of rotatable bonds is 6. The van der Waals surface area contributed by atoms with E-state index in [-0.39, 0.29) is 6.61 Å². The highest BCUT2D eigenvalue weighted by atomic mass is 16.5. The van der Waals surface area contributed by atoms with Crippen LogP contribution in [-0.4, -0.2) is 18.3 Å². The molecule has 0 bridgehead atoms. The number of benzene rings is 1. The van der Waals surface area contributed by atoms with Gasteiger partial charge in [-0.1, -0.05) is 50.2 Å². The van der Waals surface area contributed by atoms with Gasteiger partial charge in [0.2, 0.25) is 0 Å². The van der Waals surface area contributed by atoms with E-state index in [1.54, 1.807) is 0 Å². The first kappa shape index (κ1) is 13.6. The minimum Gasteiger partial charge on any atom is -0.492 e. The zero-order chi connectivity index (χ0) is 12.3. The lowest BCUT2D eigenvalue weighted by Crippen LogP contribution is -1.98. The minimum atomic E-state index is -0.120. The lowest BCUT2D eigenvalue weighted by molar-refractivity contribution is 0.304. The molecule has 0 radical (unpaired) electrons. The number of hydrogen-bond acceptors (Lipinski definition) is 2. The first-order valence-corrected chi connectivity index (χ1v) is 6.20. The molecule has 2 heteroatoms. The predicted octanol–water partition coefficient (Wildman–Crippen LogP) is 2.99. The molecule has 0 saturated heterocycles. The molecule has 0 fully saturated rings. The van der Waals surface area contributed by atoms with Crippen LogP contribution in [0.5, 0.6) is 5.75 Å². The molecule has 17 heavy (non-hydrogen) atoms. The van der Waals surface area contributed by atoms with Gasteiger partial charge in [-0.25, -0.2) is 0 Å². The van der Waals surface area contributed by atoms with E-state index in [1.807, 2.05) is 24.3 Å². The third-order valence-electron chi connectivity index (χ3n) is 2.44. The summed E-state index contributed by atoms with van der Waals surface area (Å²) in [6.07, 6.45) is 4.78. The van der Waals surface area contributed by atoms with Crippen LogP contribution in [0.15, 0.2) is 24.3 Å². The highest BCUT2D eigenvalue weighted by molar-refractivity contribution is 5.45. The molecule has 1 aromatic carbocycles. The van der Waals surface area contributed by atoms with Crippen molar-refractivity contribution in [3.8, 4) is 17.6 Å². The van der Waals surface area contributed by atoms with E-state index in [2.05, 4.69) is 18.8 Å². The highest BCUT2D eigenvalue weighted by Crippen LogP contribution is 2.17. The topological polar surface area (TPSA) is 29.5 Å². The summed E-state index contributed by atoms with van der Waals surface area (Å²) in [4.78, 5) is 0. The van der Waals surface area contributed by atoms with E-state index in [0.29, 0.717) is 0 Å². The average Bonchev–Trinajstić information content (AvgIpc) is 2.37. The van der Waals surface area contributed by atoms with Gasteiger partial charge < -0.3 is 9.84 Å². The Morgan fingerprint density at radius 1 is 1.18 bits per heavy atom. The Kier molecular flexibility index (Phi) is 6.93. The van der Waals surface area contributed by atoms with E-state index in [4.69, 9.17) is 9.84 Å². The monoisotopic (exact) mass is 232 g/mol. The second-order valence-corrected chi connectivity index (χ2v) is 3.87. The Balaban J connectivity index is 2.46. The fourth-order valence-corrected chi connectivity index (χ4v) is 1.54. The van der Waals surface area contributed by atoms with Gasteiger partial charge in [0.05, 0.1) is 12.2 Å². The molecule has 0 aliphatic rings. The number of para-hydroxylation sites is 1. The maximum Gasteiger partial charge on any atom is 0.134 e. The maximum absolute atomic E-state index is 8.68. The fraction of sp³-hybridized carbons (Fsp3) is 0.467. The number of ether oxygens (including phenoxy) is 1. The van der Waals surface area contributed by atoms with Gasteiger partial charge in [-0.15, -0.1) is 0 Å². The van der Waals surface area contributed by atoms with Crippen molar-refractivity contribution in [2.45, 2.75) is 32.6 Å². The van der Waals surface area contributed by atoms with Crippen LogP contribution >= 0.6 is 0 Å². The van der Waals surface area contributed by atoms with Crippen molar-refractivity contribution in [1.29, 1.82) is 0 Å². The summed E-state index contributed by atoms with van der Waals surface area (Å²) >= 11 is 0. The van der Waals surface area contributed by atoms with Gasteiger partial charge in [-0.05, 0) is 18.6 Å². The SMILES string of the molecule is CCCCCCOc1ccccc1C#CCO. The molecule has 0 spiro atoms. The van der Waals surface area contributed by atoms with Crippen LogP contribution in [0.1, 0.15) is 38.2 Å². The highest BCUT2D eigenvalue weighted by Gasteiger charge is 1.99. The first-order chi connectivity index (χ1) is 8.38. The zero-order valence-electron chi connectivity index (χ0n) is 10.4. The van der Waals surface area contributed by atoms with E-state index >= 15 is 0 Å². The van der Waals surface area contributed by atoms with Gasteiger partial charge in [-0.2, -0.15) is 0 Å². The molecule has 0 amide bonds. The molecule has 0 heterocycles. The second-order valence-electron chi connectivity index (χ2n) is 3.87. The van der Waals surface area contributed by atoms with Gasteiger partial charge in [-0.3, -0.25) is 0 Å². The largest absolute Gasteiger partial charge is 0.492 e. The molecule has 0 atom stereocenters. The molecule has 1 N–H and O–H groups in total. The van der Waals surface area contributed by atoms with E-state index in [0.717, 1.165) is 24.3 Å². The Morgan fingerprint density at radius 3 is 2.76 bits per heavy atom. The van der Waals surface area contributed by atoms with Gasteiger partial charge in [0.25, 0.3) is 0 Å². The van der Waals surface area contributed by atoms with Crippen molar-refractivity contribution >= 4 is 0 Å². The van der Waals surface area contributed by atoms with E-state index < -0.39 is 0 Å². The van der Waals surface area contributed by atoms with Crippen LogP contribution in [0.25, 0.3) is 0 Å². The van der Waals surface area contributed by atoms with Crippen molar-refractivity contribution in [1.82, 2.24) is 0 Å². The van der Waals surface area contributed by atoms with Crippen LogP contribution in [-0.2, 0) is 0 Å². The average molecular weight is 232 g/mol. The van der Waals surface area contributed by atoms with Crippen molar-refractivity contribution in [2.24, 2.45) is 0 Å². The van der Waals surface area contributed by atoms with Crippen molar-refractivity contribution < 1.29 is 9.84 Å². The molecule has 2 nitrogen and oxygen atoms in total.